The van der Waals surface area contributed by atoms with E-state index < -0.39 is 0 Å². The van der Waals surface area contributed by atoms with E-state index in [-0.39, 0.29) is 0 Å². The second kappa shape index (κ2) is 10.4. The first-order valence-electron chi connectivity index (χ1n) is 9.28. The van der Waals surface area contributed by atoms with Gasteiger partial charge in [-0.05, 0) is 88.9 Å². The van der Waals surface area contributed by atoms with Gasteiger partial charge in [-0.25, -0.2) is 0 Å². The molecule has 0 heterocycles. The number of halogens is 3. The van der Waals surface area contributed by atoms with Crippen LogP contribution in [-0.4, -0.2) is 6.61 Å². The second-order valence-corrected chi connectivity index (χ2v) is 8.77. The van der Waals surface area contributed by atoms with Crippen molar-refractivity contribution in [2.45, 2.75) is 27.0 Å². The summed E-state index contributed by atoms with van der Waals surface area (Å²) in [7, 11) is 0. The fourth-order valence-corrected chi connectivity index (χ4v) is 4.09. The highest BCUT2D eigenvalue weighted by Gasteiger charge is 2.13. The maximum atomic E-state index is 6.06. The van der Waals surface area contributed by atoms with Crippen LogP contribution in [-0.2, 0) is 13.2 Å². The Kier molecular flexibility index (Phi) is 7.87. The third-order valence-electron chi connectivity index (χ3n) is 4.34. The molecule has 0 saturated carbocycles. The molecule has 152 valence electrons. The monoisotopic (exact) mass is 537 g/mol. The molecule has 0 aliphatic rings. The van der Waals surface area contributed by atoms with Crippen molar-refractivity contribution < 1.29 is 9.47 Å². The Hall–Kier alpha value is -1.69. The molecule has 3 aromatic rings. The fourth-order valence-electron chi connectivity index (χ4n) is 2.89. The maximum Gasteiger partial charge on any atom is 0.175 e. The van der Waals surface area contributed by atoms with Crippen LogP contribution >= 0.6 is 43.5 Å². The van der Waals surface area contributed by atoms with Gasteiger partial charge in [-0.1, -0.05) is 39.7 Å². The molecular formula is C23H22Br2ClNO2. The lowest BCUT2D eigenvalue weighted by Gasteiger charge is -2.16. The largest absolute Gasteiger partial charge is 0.490 e. The first-order chi connectivity index (χ1) is 14.0. The lowest BCUT2D eigenvalue weighted by Crippen LogP contribution is -2.04. The molecule has 29 heavy (non-hydrogen) atoms. The van der Waals surface area contributed by atoms with Gasteiger partial charge in [-0.15, -0.1) is 0 Å². The topological polar surface area (TPSA) is 30.5 Å². The van der Waals surface area contributed by atoms with Crippen molar-refractivity contribution in [3.05, 3.63) is 85.3 Å². The summed E-state index contributed by atoms with van der Waals surface area (Å²) in [6.07, 6.45) is 0. The molecular weight excluding hydrogens is 518 g/mol. The van der Waals surface area contributed by atoms with E-state index in [1.54, 1.807) is 0 Å². The van der Waals surface area contributed by atoms with E-state index in [0.717, 1.165) is 31.5 Å². The highest BCUT2D eigenvalue weighted by molar-refractivity contribution is 9.10. The summed E-state index contributed by atoms with van der Waals surface area (Å²) in [6.45, 7) is 5.73. The molecule has 3 nitrogen and oxygen atoms in total. The molecule has 1 N–H and O–H groups in total. The Balaban J connectivity index is 1.75. The molecule has 3 aromatic carbocycles. The van der Waals surface area contributed by atoms with Crippen LogP contribution in [0.2, 0.25) is 5.02 Å². The van der Waals surface area contributed by atoms with Crippen molar-refractivity contribution in [2.24, 2.45) is 0 Å². The van der Waals surface area contributed by atoms with E-state index in [1.807, 2.05) is 43.3 Å². The minimum Gasteiger partial charge on any atom is -0.490 e. The summed E-state index contributed by atoms with van der Waals surface area (Å²) < 4.78 is 13.8. The molecule has 0 aliphatic carbocycles. The zero-order valence-electron chi connectivity index (χ0n) is 16.3. The Labute approximate surface area is 193 Å². The predicted octanol–water partition coefficient (Wildman–Crippen LogP) is 7.76. The molecule has 0 aliphatic heterocycles. The normalized spacial score (nSPS) is 10.7. The lowest BCUT2D eigenvalue weighted by molar-refractivity contribution is 0.267. The Morgan fingerprint density at radius 2 is 1.69 bits per heavy atom. The molecule has 0 unspecified atom stereocenters. The van der Waals surface area contributed by atoms with Crippen molar-refractivity contribution >= 4 is 49.1 Å². The van der Waals surface area contributed by atoms with Crippen LogP contribution < -0.4 is 14.8 Å². The summed E-state index contributed by atoms with van der Waals surface area (Å²) in [5, 5.41) is 4.20. The smallest absolute Gasteiger partial charge is 0.175 e. The Bertz CT molecular complexity index is 977. The van der Waals surface area contributed by atoms with Crippen LogP contribution in [0.5, 0.6) is 11.5 Å². The average Bonchev–Trinajstić information content (AvgIpc) is 2.68. The number of ether oxygens (including phenoxy) is 2. The standard InChI is InChI=1S/C23H22Br2ClNO2/c1-3-28-22-12-17(13-27-21-9-6-18(24)10-15(21)2)11-20(25)23(22)29-14-16-4-7-19(26)8-5-16/h4-12,27H,3,13-14H2,1-2H3. The van der Waals surface area contributed by atoms with Gasteiger partial charge >= 0.3 is 0 Å². The van der Waals surface area contributed by atoms with Crippen molar-refractivity contribution in [1.29, 1.82) is 0 Å². The molecule has 0 spiro atoms. The van der Waals surface area contributed by atoms with E-state index in [4.69, 9.17) is 21.1 Å². The quantitative estimate of drug-likeness (QED) is 0.317. The Morgan fingerprint density at radius 3 is 2.38 bits per heavy atom. The summed E-state index contributed by atoms with van der Waals surface area (Å²) in [5.74, 6) is 1.42. The van der Waals surface area contributed by atoms with Crippen LogP contribution in [0.3, 0.4) is 0 Å². The van der Waals surface area contributed by atoms with Gasteiger partial charge in [0.25, 0.3) is 0 Å². The Morgan fingerprint density at radius 1 is 0.931 bits per heavy atom. The SMILES string of the molecule is CCOc1cc(CNc2ccc(Br)cc2C)cc(Br)c1OCc1ccc(Cl)cc1. The number of hydrogen-bond donors (Lipinski definition) is 1. The minimum atomic E-state index is 0.436. The van der Waals surface area contributed by atoms with Crippen molar-refractivity contribution in [3.8, 4) is 11.5 Å². The van der Waals surface area contributed by atoms with Gasteiger partial charge in [0.15, 0.2) is 11.5 Å². The number of anilines is 1. The minimum absolute atomic E-state index is 0.436. The van der Waals surface area contributed by atoms with E-state index in [2.05, 4.69) is 62.3 Å². The maximum absolute atomic E-state index is 6.06. The second-order valence-electron chi connectivity index (χ2n) is 6.57. The van der Waals surface area contributed by atoms with E-state index in [9.17, 15) is 0 Å². The van der Waals surface area contributed by atoms with Crippen LogP contribution in [0.4, 0.5) is 5.69 Å². The van der Waals surface area contributed by atoms with E-state index >= 15 is 0 Å². The molecule has 0 fully saturated rings. The third kappa shape index (κ3) is 6.14. The van der Waals surface area contributed by atoms with Gasteiger partial charge < -0.3 is 14.8 Å². The summed E-state index contributed by atoms with van der Waals surface area (Å²) in [5.41, 5.74) is 4.43. The van der Waals surface area contributed by atoms with Crippen LogP contribution in [0.25, 0.3) is 0 Å². The van der Waals surface area contributed by atoms with Crippen LogP contribution in [0, 0.1) is 6.92 Å². The molecule has 0 amide bonds. The first kappa shape index (κ1) is 22.0. The van der Waals surface area contributed by atoms with Crippen LogP contribution in [0.15, 0.2) is 63.5 Å². The lowest BCUT2D eigenvalue weighted by atomic mass is 10.1. The number of hydrogen-bond acceptors (Lipinski definition) is 3. The van der Waals surface area contributed by atoms with Gasteiger partial charge in [0.2, 0.25) is 0 Å². The average molecular weight is 540 g/mol. The molecule has 0 saturated heterocycles. The zero-order valence-corrected chi connectivity index (χ0v) is 20.2. The number of benzene rings is 3. The molecule has 3 rings (SSSR count). The fraction of sp³-hybridized carbons (Fsp3) is 0.217. The number of rotatable bonds is 8. The van der Waals surface area contributed by atoms with Gasteiger partial charge in [-0.2, -0.15) is 0 Å². The highest BCUT2D eigenvalue weighted by Crippen LogP contribution is 2.38. The zero-order chi connectivity index (χ0) is 20.8. The van der Waals surface area contributed by atoms with Gasteiger partial charge in [0.1, 0.15) is 6.61 Å². The molecule has 0 bridgehead atoms. The van der Waals surface area contributed by atoms with Crippen molar-refractivity contribution in [1.82, 2.24) is 0 Å². The summed E-state index contributed by atoms with van der Waals surface area (Å²) >= 11 is 13.1. The van der Waals surface area contributed by atoms with Crippen LogP contribution in [0.1, 0.15) is 23.6 Å². The first-order valence-corrected chi connectivity index (χ1v) is 11.2. The molecule has 0 atom stereocenters. The van der Waals surface area contributed by atoms with Gasteiger partial charge in [0.05, 0.1) is 11.1 Å². The van der Waals surface area contributed by atoms with Crippen molar-refractivity contribution in [3.63, 3.8) is 0 Å². The highest BCUT2D eigenvalue weighted by atomic mass is 79.9. The van der Waals surface area contributed by atoms with Gasteiger partial charge in [-0.3, -0.25) is 0 Å². The van der Waals surface area contributed by atoms with Gasteiger partial charge in [0, 0.05) is 21.7 Å². The number of nitrogens with one attached hydrogen (secondary N) is 1. The summed E-state index contributed by atoms with van der Waals surface area (Å²) in [4.78, 5) is 0. The van der Waals surface area contributed by atoms with Crippen molar-refractivity contribution in [2.75, 3.05) is 11.9 Å². The number of aryl methyl sites for hydroxylation is 1. The molecule has 6 heteroatoms. The molecule has 0 aromatic heterocycles. The van der Waals surface area contributed by atoms with E-state index in [0.29, 0.717) is 30.5 Å². The third-order valence-corrected chi connectivity index (χ3v) is 5.67. The predicted molar refractivity (Wildman–Crippen MR) is 127 cm³/mol. The van der Waals surface area contributed by atoms with E-state index in [1.165, 1.54) is 5.56 Å². The summed E-state index contributed by atoms with van der Waals surface area (Å²) in [6, 6.07) is 17.9. The molecule has 0 radical (unpaired) electrons.